The number of rotatable bonds is 3. The molecule has 1 aliphatic rings. The van der Waals surface area contributed by atoms with Crippen LogP contribution in [0.1, 0.15) is 19.8 Å². The maximum absolute atomic E-state index is 3.56. The summed E-state index contributed by atoms with van der Waals surface area (Å²) in [5.41, 5.74) is 1.25. The zero-order valence-electron chi connectivity index (χ0n) is 10.3. The van der Waals surface area contributed by atoms with Crippen molar-refractivity contribution in [1.82, 2.24) is 0 Å². The third-order valence-corrected chi connectivity index (χ3v) is 3.82. The van der Waals surface area contributed by atoms with Crippen LogP contribution in [-0.2, 0) is 0 Å². The van der Waals surface area contributed by atoms with Gasteiger partial charge < -0.3 is 5.32 Å². The topological polar surface area (TPSA) is 12.0 Å². The van der Waals surface area contributed by atoms with Crippen molar-refractivity contribution in [2.45, 2.75) is 19.8 Å². The lowest BCUT2D eigenvalue weighted by molar-refractivity contribution is 0.225. The molecule has 1 aliphatic carbocycles. The fraction of sp³-hybridized carbons (Fsp3) is 0.375. The van der Waals surface area contributed by atoms with Crippen LogP contribution < -0.4 is 5.32 Å². The summed E-state index contributed by atoms with van der Waals surface area (Å²) in [4.78, 5) is 0. The number of hydrogen-bond acceptors (Lipinski definition) is 1. The molecule has 17 heavy (non-hydrogen) atoms. The molecule has 0 aromatic heterocycles. The van der Waals surface area contributed by atoms with Crippen LogP contribution in [0, 0.1) is 11.8 Å². The molecule has 1 N–H and O–H groups in total. The van der Waals surface area contributed by atoms with Gasteiger partial charge in [0.2, 0.25) is 0 Å². The van der Waals surface area contributed by atoms with Crippen molar-refractivity contribution >= 4 is 16.5 Å². The van der Waals surface area contributed by atoms with E-state index in [4.69, 9.17) is 0 Å². The minimum absolute atomic E-state index is 0.886. The van der Waals surface area contributed by atoms with E-state index >= 15 is 0 Å². The first kappa shape index (κ1) is 10.6. The van der Waals surface area contributed by atoms with Crippen molar-refractivity contribution in [2.24, 2.45) is 11.8 Å². The van der Waals surface area contributed by atoms with Gasteiger partial charge in [0.25, 0.3) is 0 Å². The van der Waals surface area contributed by atoms with Crippen molar-refractivity contribution in [2.75, 3.05) is 11.9 Å². The molecular weight excluding hydrogens is 206 g/mol. The van der Waals surface area contributed by atoms with Gasteiger partial charge in [-0.15, -0.1) is 0 Å². The van der Waals surface area contributed by atoms with E-state index < -0.39 is 0 Å². The van der Waals surface area contributed by atoms with Gasteiger partial charge in [0.1, 0.15) is 0 Å². The SMILES string of the molecule is CC1CC(CNc2ccc3ccccc3c2)C1. The molecule has 0 radical (unpaired) electrons. The van der Waals surface area contributed by atoms with Crippen molar-refractivity contribution < 1.29 is 0 Å². The van der Waals surface area contributed by atoms with E-state index in [1.807, 2.05) is 0 Å². The standard InChI is InChI=1S/C16H19N/c1-12-8-13(9-12)11-17-16-7-6-14-4-2-3-5-15(14)10-16/h2-7,10,12-13,17H,8-9,11H2,1H3. The molecule has 3 rings (SSSR count). The van der Waals surface area contributed by atoms with E-state index in [2.05, 4.69) is 54.7 Å². The highest BCUT2D eigenvalue weighted by molar-refractivity contribution is 5.85. The second-order valence-corrected chi connectivity index (χ2v) is 5.39. The molecule has 0 unspecified atom stereocenters. The summed E-state index contributed by atoms with van der Waals surface area (Å²) in [5, 5.41) is 6.19. The van der Waals surface area contributed by atoms with Crippen LogP contribution in [0.3, 0.4) is 0 Å². The maximum Gasteiger partial charge on any atom is 0.0346 e. The van der Waals surface area contributed by atoms with Crippen LogP contribution in [0.15, 0.2) is 42.5 Å². The van der Waals surface area contributed by atoms with Crippen molar-refractivity contribution in [3.05, 3.63) is 42.5 Å². The molecule has 1 fully saturated rings. The van der Waals surface area contributed by atoms with Gasteiger partial charge in [0.15, 0.2) is 0 Å². The van der Waals surface area contributed by atoms with Gasteiger partial charge in [-0.2, -0.15) is 0 Å². The lowest BCUT2D eigenvalue weighted by atomic mass is 9.76. The fourth-order valence-electron chi connectivity index (χ4n) is 2.80. The van der Waals surface area contributed by atoms with Crippen molar-refractivity contribution in [3.8, 4) is 0 Å². The lowest BCUT2D eigenvalue weighted by Gasteiger charge is -2.33. The highest BCUT2D eigenvalue weighted by Crippen LogP contribution is 2.33. The molecule has 2 aromatic rings. The highest BCUT2D eigenvalue weighted by atomic mass is 14.9. The van der Waals surface area contributed by atoms with E-state index in [-0.39, 0.29) is 0 Å². The largest absolute Gasteiger partial charge is 0.385 e. The van der Waals surface area contributed by atoms with Gasteiger partial charge in [-0.1, -0.05) is 37.3 Å². The zero-order valence-corrected chi connectivity index (χ0v) is 10.3. The molecule has 0 aliphatic heterocycles. The van der Waals surface area contributed by atoms with Crippen LogP contribution in [0.2, 0.25) is 0 Å². The van der Waals surface area contributed by atoms with Gasteiger partial charge in [0.05, 0.1) is 0 Å². The molecule has 88 valence electrons. The number of hydrogen-bond donors (Lipinski definition) is 1. The normalized spacial score (nSPS) is 23.4. The van der Waals surface area contributed by atoms with Crippen LogP contribution in [-0.4, -0.2) is 6.54 Å². The molecule has 0 spiro atoms. The minimum Gasteiger partial charge on any atom is -0.385 e. The Hall–Kier alpha value is -1.50. The summed E-state index contributed by atoms with van der Waals surface area (Å²) in [7, 11) is 0. The molecule has 0 atom stereocenters. The monoisotopic (exact) mass is 225 g/mol. The zero-order chi connectivity index (χ0) is 11.7. The fourth-order valence-corrected chi connectivity index (χ4v) is 2.80. The van der Waals surface area contributed by atoms with E-state index in [0.717, 1.165) is 18.4 Å². The third-order valence-electron chi connectivity index (χ3n) is 3.82. The second kappa shape index (κ2) is 4.40. The Morgan fingerprint density at radius 1 is 1.06 bits per heavy atom. The number of benzene rings is 2. The van der Waals surface area contributed by atoms with Gasteiger partial charge in [-0.3, -0.25) is 0 Å². The molecule has 0 bridgehead atoms. The Kier molecular flexibility index (Phi) is 2.76. The quantitative estimate of drug-likeness (QED) is 0.821. The Labute approximate surface area is 103 Å². The van der Waals surface area contributed by atoms with Gasteiger partial charge >= 0.3 is 0 Å². The van der Waals surface area contributed by atoms with E-state index in [1.165, 1.54) is 29.3 Å². The predicted molar refractivity (Wildman–Crippen MR) is 74.3 cm³/mol. The van der Waals surface area contributed by atoms with Crippen LogP contribution in [0.5, 0.6) is 0 Å². The van der Waals surface area contributed by atoms with E-state index in [0.29, 0.717) is 0 Å². The molecule has 1 saturated carbocycles. The Morgan fingerprint density at radius 3 is 2.59 bits per heavy atom. The van der Waals surface area contributed by atoms with Crippen LogP contribution in [0.25, 0.3) is 10.8 Å². The Bertz CT molecular complexity index is 512. The smallest absolute Gasteiger partial charge is 0.0346 e. The molecule has 0 amide bonds. The summed E-state index contributed by atoms with van der Waals surface area (Å²) in [5.74, 6) is 1.83. The number of anilines is 1. The summed E-state index contributed by atoms with van der Waals surface area (Å²) >= 11 is 0. The van der Waals surface area contributed by atoms with Gasteiger partial charge in [0, 0.05) is 12.2 Å². The molecule has 0 heterocycles. The Balaban J connectivity index is 1.68. The summed E-state index contributed by atoms with van der Waals surface area (Å²) in [6.45, 7) is 3.47. The van der Waals surface area contributed by atoms with Crippen molar-refractivity contribution in [1.29, 1.82) is 0 Å². The number of nitrogens with one attached hydrogen (secondary N) is 1. The maximum atomic E-state index is 3.56. The summed E-state index contributed by atoms with van der Waals surface area (Å²) in [6.07, 6.45) is 2.78. The summed E-state index contributed by atoms with van der Waals surface area (Å²) in [6, 6.07) is 15.1. The third kappa shape index (κ3) is 2.28. The van der Waals surface area contributed by atoms with Crippen LogP contribution >= 0.6 is 0 Å². The second-order valence-electron chi connectivity index (χ2n) is 5.39. The number of fused-ring (bicyclic) bond motifs is 1. The molecular formula is C16H19N. The average molecular weight is 225 g/mol. The highest BCUT2D eigenvalue weighted by Gasteiger charge is 2.24. The van der Waals surface area contributed by atoms with Crippen LogP contribution in [0.4, 0.5) is 5.69 Å². The first-order valence-corrected chi connectivity index (χ1v) is 6.54. The first-order chi connectivity index (χ1) is 8.31. The predicted octanol–water partition coefficient (Wildman–Crippen LogP) is 4.30. The van der Waals surface area contributed by atoms with Gasteiger partial charge in [-0.25, -0.2) is 0 Å². The minimum atomic E-state index is 0.886. The molecule has 1 heteroatoms. The lowest BCUT2D eigenvalue weighted by Crippen LogP contribution is -2.27. The molecule has 1 nitrogen and oxygen atoms in total. The van der Waals surface area contributed by atoms with E-state index in [1.54, 1.807) is 0 Å². The average Bonchev–Trinajstić information content (AvgIpc) is 2.33. The summed E-state index contributed by atoms with van der Waals surface area (Å²) < 4.78 is 0. The van der Waals surface area contributed by atoms with Crippen molar-refractivity contribution in [3.63, 3.8) is 0 Å². The molecule has 2 aromatic carbocycles. The molecule has 0 saturated heterocycles. The Morgan fingerprint density at radius 2 is 1.82 bits per heavy atom. The van der Waals surface area contributed by atoms with E-state index in [9.17, 15) is 0 Å². The van der Waals surface area contributed by atoms with Gasteiger partial charge in [-0.05, 0) is 47.6 Å². The first-order valence-electron chi connectivity index (χ1n) is 6.54.